The summed E-state index contributed by atoms with van der Waals surface area (Å²) < 4.78 is 4.81. The zero-order valence-corrected chi connectivity index (χ0v) is 31.5. The van der Waals surface area contributed by atoms with Crippen molar-refractivity contribution in [3.8, 4) is 45.0 Å². The minimum absolute atomic E-state index is 0.145. The minimum Gasteiger partial charge on any atom is -0.309 e. The average molecular weight is 721 g/mol. The molecule has 2 aliphatic rings. The zero-order chi connectivity index (χ0) is 37.5. The molecule has 0 saturated carbocycles. The van der Waals surface area contributed by atoms with Crippen LogP contribution < -0.4 is 0 Å². The van der Waals surface area contributed by atoms with Crippen LogP contribution in [0, 0.1) is 0 Å². The highest BCUT2D eigenvalue weighted by Crippen LogP contribution is 2.50. The molecule has 56 heavy (non-hydrogen) atoms. The van der Waals surface area contributed by atoms with E-state index in [1.165, 1.54) is 88.1 Å². The Hall–Kier alpha value is -6.92. The Balaban J connectivity index is 1.01. The van der Waals surface area contributed by atoms with Crippen LogP contribution >= 0.6 is 0 Å². The third-order valence-corrected chi connectivity index (χ3v) is 12.8. The number of fused-ring (bicyclic) bond motifs is 12. The molecule has 0 radical (unpaired) electrons. The van der Waals surface area contributed by atoms with Gasteiger partial charge in [0.15, 0.2) is 0 Å². The van der Waals surface area contributed by atoms with E-state index in [2.05, 4.69) is 168 Å². The molecule has 0 N–H and O–H groups in total. The molecule has 0 atom stereocenters. The summed E-state index contributed by atoms with van der Waals surface area (Å²) in [5.74, 6) is 0. The summed E-state index contributed by atoms with van der Waals surface area (Å²) in [5, 5.41) is 4.93. The summed E-state index contributed by atoms with van der Waals surface area (Å²) in [6, 6.07) is 45.1. The number of benzene rings is 6. The van der Waals surface area contributed by atoms with Gasteiger partial charge in [0, 0.05) is 78.4 Å². The van der Waals surface area contributed by atoms with Crippen LogP contribution in [0.3, 0.4) is 0 Å². The van der Waals surface area contributed by atoms with Crippen LogP contribution in [0.4, 0.5) is 0 Å². The highest BCUT2D eigenvalue weighted by Gasteiger charge is 2.38. The molecule has 12 rings (SSSR count). The number of hydrogen-bond acceptors (Lipinski definition) is 4. The Labute approximate surface area is 323 Å². The van der Waals surface area contributed by atoms with Gasteiger partial charge in [-0.2, -0.15) is 0 Å². The zero-order valence-electron chi connectivity index (χ0n) is 31.5. The lowest BCUT2D eigenvalue weighted by atomic mass is 9.83. The first-order valence-electron chi connectivity index (χ1n) is 19.3. The monoisotopic (exact) mass is 720 g/mol. The number of rotatable bonds is 3. The fourth-order valence-electron chi connectivity index (χ4n) is 9.98. The third-order valence-electron chi connectivity index (χ3n) is 12.8. The van der Waals surface area contributed by atoms with Crippen molar-refractivity contribution in [2.45, 2.75) is 38.5 Å². The Kier molecular flexibility index (Phi) is 6.09. The van der Waals surface area contributed by atoms with E-state index in [1.54, 1.807) is 12.7 Å². The molecular formula is C50H36N6. The van der Waals surface area contributed by atoms with E-state index in [0.717, 1.165) is 22.8 Å². The van der Waals surface area contributed by atoms with Crippen LogP contribution in [0.15, 0.2) is 146 Å². The van der Waals surface area contributed by atoms with Crippen molar-refractivity contribution < 1.29 is 0 Å². The van der Waals surface area contributed by atoms with Crippen molar-refractivity contribution in [3.05, 3.63) is 169 Å². The molecule has 0 amide bonds. The summed E-state index contributed by atoms with van der Waals surface area (Å²) >= 11 is 0. The van der Waals surface area contributed by atoms with Crippen LogP contribution in [0.2, 0.25) is 0 Å². The molecular weight excluding hydrogens is 685 g/mol. The molecule has 6 nitrogen and oxygen atoms in total. The second-order valence-corrected chi connectivity index (χ2v) is 16.4. The Morgan fingerprint density at radius 2 is 0.839 bits per heavy atom. The molecule has 0 saturated heterocycles. The van der Waals surface area contributed by atoms with Crippen LogP contribution in [0.1, 0.15) is 49.9 Å². The summed E-state index contributed by atoms with van der Waals surface area (Å²) in [5.41, 5.74) is 18.4. The van der Waals surface area contributed by atoms with E-state index in [9.17, 15) is 0 Å². The van der Waals surface area contributed by atoms with Gasteiger partial charge < -0.3 is 9.13 Å². The lowest BCUT2D eigenvalue weighted by Crippen LogP contribution is -2.15. The molecule has 2 aliphatic carbocycles. The van der Waals surface area contributed by atoms with Crippen molar-refractivity contribution in [1.29, 1.82) is 0 Å². The molecule has 4 heterocycles. The Morgan fingerprint density at radius 1 is 0.411 bits per heavy atom. The third kappa shape index (κ3) is 4.05. The van der Waals surface area contributed by atoms with Crippen molar-refractivity contribution in [2.75, 3.05) is 0 Å². The maximum absolute atomic E-state index is 4.75. The van der Waals surface area contributed by atoms with Crippen molar-refractivity contribution in [3.63, 3.8) is 0 Å². The van der Waals surface area contributed by atoms with Crippen molar-refractivity contribution in [2.24, 2.45) is 0 Å². The highest BCUT2D eigenvalue weighted by molar-refractivity contribution is 6.13. The maximum atomic E-state index is 4.75. The average Bonchev–Trinajstić information content (AvgIpc) is 3.89. The smallest absolute Gasteiger partial charge is 0.116 e. The number of hydrogen-bond donors (Lipinski definition) is 0. The van der Waals surface area contributed by atoms with Crippen molar-refractivity contribution >= 4 is 43.6 Å². The van der Waals surface area contributed by atoms with Crippen LogP contribution in [0.5, 0.6) is 0 Å². The Bertz CT molecular complexity index is 3100. The molecule has 4 aromatic heterocycles. The van der Waals surface area contributed by atoms with Crippen LogP contribution in [0.25, 0.3) is 88.6 Å². The summed E-state index contributed by atoms with van der Waals surface area (Å²) in [7, 11) is 0. The molecule has 10 aromatic rings. The van der Waals surface area contributed by atoms with Crippen LogP contribution in [-0.2, 0) is 10.8 Å². The SMILES string of the molecule is CC1(C)c2ccc(-n3c4ccccc4c4cc(-c5ccc6c(c5)c5ccccc5n6-c5ccc6c(c5)-c5ncncc5C6(C)C)ccc43)cc2-c2ncncc21. The predicted molar refractivity (Wildman–Crippen MR) is 227 cm³/mol. The Morgan fingerprint density at radius 3 is 1.30 bits per heavy atom. The first-order valence-corrected chi connectivity index (χ1v) is 19.3. The van der Waals surface area contributed by atoms with Gasteiger partial charge in [0.2, 0.25) is 0 Å². The van der Waals surface area contributed by atoms with E-state index >= 15 is 0 Å². The standard InChI is InChI=1S/C50H36N6/c1-49(2)39-17-15-31(23-37(39)47-41(49)25-51-27-53-47)55-43-11-7-5-9-33(43)35-21-29(13-19-45(35)55)30-14-20-46-36(22-30)34-10-6-8-12-44(34)56(46)32-16-18-40-38(24-32)48-42(50(40,3)4)26-52-28-54-48/h5-28H,1-4H3. The van der Waals surface area contributed by atoms with Crippen LogP contribution in [-0.4, -0.2) is 29.1 Å². The molecule has 6 aromatic carbocycles. The molecule has 0 bridgehead atoms. The molecule has 0 spiro atoms. The molecule has 0 aliphatic heterocycles. The minimum atomic E-state index is -0.145. The quantitative estimate of drug-likeness (QED) is 0.182. The van der Waals surface area contributed by atoms with E-state index in [-0.39, 0.29) is 10.8 Å². The van der Waals surface area contributed by atoms with E-state index in [0.29, 0.717) is 0 Å². The number of aromatic nitrogens is 6. The maximum Gasteiger partial charge on any atom is 0.116 e. The largest absolute Gasteiger partial charge is 0.309 e. The van der Waals surface area contributed by atoms with E-state index in [4.69, 9.17) is 9.97 Å². The van der Waals surface area contributed by atoms with Gasteiger partial charge in [-0.25, -0.2) is 19.9 Å². The van der Waals surface area contributed by atoms with E-state index < -0.39 is 0 Å². The second kappa shape index (κ2) is 10.9. The van der Waals surface area contributed by atoms with Gasteiger partial charge in [0.1, 0.15) is 12.7 Å². The van der Waals surface area contributed by atoms with Gasteiger partial charge in [0.05, 0.1) is 33.5 Å². The van der Waals surface area contributed by atoms with Gasteiger partial charge >= 0.3 is 0 Å². The molecule has 266 valence electrons. The van der Waals surface area contributed by atoms with Gasteiger partial charge in [-0.3, -0.25) is 0 Å². The second-order valence-electron chi connectivity index (χ2n) is 16.4. The summed E-state index contributed by atoms with van der Waals surface area (Å²) in [4.78, 5) is 18.2. The highest BCUT2D eigenvalue weighted by atomic mass is 15.0. The summed E-state index contributed by atoms with van der Waals surface area (Å²) in [6.07, 6.45) is 7.27. The van der Waals surface area contributed by atoms with Gasteiger partial charge in [-0.05, 0) is 82.9 Å². The molecule has 0 unspecified atom stereocenters. The van der Waals surface area contributed by atoms with Gasteiger partial charge in [-0.1, -0.05) is 88.4 Å². The van der Waals surface area contributed by atoms with Gasteiger partial charge in [-0.15, -0.1) is 0 Å². The fraction of sp³-hybridized carbons (Fsp3) is 0.120. The lowest BCUT2D eigenvalue weighted by Gasteiger charge is -2.20. The number of para-hydroxylation sites is 2. The first kappa shape index (κ1) is 31.4. The predicted octanol–water partition coefficient (Wildman–Crippen LogP) is 11.7. The summed E-state index contributed by atoms with van der Waals surface area (Å²) in [6.45, 7) is 9.06. The van der Waals surface area contributed by atoms with E-state index in [1.807, 2.05) is 12.4 Å². The normalized spacial score (nSPS) is 14.7. The fourth-order valence-corrected chi connectivity index (χ4v) is 9.98. The van der Waals surface area contributed by atoms with Gasteiger partial charge in [0.25, 0.3) is 0 Å². The molecule has 0 fully saturated rings. The van der Waals surface area contributed by atoms with Crippen molar-refractivity contribution in [1.82, 2.24) is 29.1 Å². The molecule has 6 heteroatoms. The topological polar surface area (TPSA) is 61.4 Å². The first-order chi connectivity index (χ1) is 27.3. The number of nitrogens with zero attached hydrogens (tertiary/aromatic N) is 6. The lowest BCUT2D eigenvalue weighted by molar-refractivity contribution is 0.655.